The van der Waals surface area contributed by atoms with E-state index in [9.17, 15) is 19.2 Å². The fourth-order valence-electron chi connectivity index (χ4n) is 2.41. The Bertz CT molecular complexity index is 625. The molecule has 0 aliphatic carbocycles. The molecule has 6 nitrogen and oxygen atoms in total. The van der Waals surface area contributed by atoms with E-state index in [1.165, 1.54) is 6.92 Å². The van der Waals surface area contributed by atoms with Gasteiger partial charge in [-0.1, -0.05) is 42.1 Å². The first kappa shape index (κ1) is 18.4. The van der Waals surface area contributed by atoms with Crippen LogP contribution in [0.1, 0.15) is 36.5 Å². The van der Waals surface area contributed by atoms with Crippen LogP contribution < -0.4 is 5.32 Å². The normalized spacial score (nSPS) is 18.0. The van der Waals surface area contributed by atoms with E-state index < -0.39 is 23.2 Å². The van der Waals surface area contributed by atoms with Crippen molar-refractivity contribution in [1.29, 1.82) is 0 Å². The molecule has 0 radical (unpaired) electrons. The van der Waals surface area contributed by atoms with Crippen molar-refractivity contribution < 1.29 is 23.9 Å². The summed E-state index contributed by atoms with van der Waals surface area (Å²) < 4.78 is 4.87. The molecule has 1 N–H and O–H groups in total. The molecule has 128 valence electrons. The fraction of sp³-hybridized carbons (Fsp3) is 0.412. The Labute approximate surface area is 144 Å². The van der Waals surface area contributed by atoms with Crippen LogP contribution in [0.3, 0.4) is 0 Å². The van der Waals surface area contributed by atoms with Gasteiger partial charge < -0.3 is 10.1 Å². The van der Waals surface area contributed by atoms with Gasteiger partial charge in [0.2, 0.25) is 0 Å². The number of ketones is 1. The third-order valence-electron chi connectivity index (χ3n) is 3.58. The van der Waals surface area contributed by atoms with Crippen LogP contribution in [-0.4, -0.2) is 40.7 Å². The molecule has 1 aliphatic rings. The lowest BCUT2D eigenvalue weighted by molar-refractivity contribution is -0.160. The lowest BCUT2D eigenvalue weighted by Gasteiger charge is -2.14. The number of esters is 2. The van der Waals surface area contributed by atoms with Crippen LogP contribution >= 0.6 is 11.8 Å². The minimum atomic E-state index is -1.03. The van der Waals surface area contributed by atoms with Gasteiger partial charge in [-0.3, -0.25) is 14.4 Å². The van der Waals surface area contributed by atoms with Crippen LogP contribution in [0.25, 0.3) is 0 Å². The van der Waals surface area contributed by atoms with Crippen molar-refractivity contribution in [1.82, 2.24) is 5.32 Å². The Morgan fingerprint density at radius 3 is 2.54 bits per heavy atom. The molecular formula is C17H19NO5S. The van der Waals surface area contributed by atoms with Gasteiger partial charge in [0.15, 0.2) is 10.9 Å². The Hall–Kier alpha value is -1.99. The predicted octanol–water partition coefficient (Wildman–Crippen LogP) is 1.73. The number of hydrogen-bond acceptors (Lipinski definition) is 7. The highest BCUT2D eigenvalue weighted by Gasteiger charge is 2.31. The van der Waals surface area contributed by atoms with Gasteiger partial charge in [0.25, 0.3) is 0 Å². The SMILES string of the molecule is CC(=O)SC(CC(=O)c1ccccc1)C(=O)OC(=O)[C@@H]1CCCN1. The van der Waals surface area contributed by atoms with E-state index >= 15 is 0 Å². The van der Waals surface area contributed by atoms with E-state index in [1.54, 1.807) is 30.3 Å². The average molecular weight is 349 g/mol. The van der Waals surface area contributed by atoms with Gasteiger partial charge >= 0.3 is 11.9 Å². The third-order valence-corrected chi connectivity index (χ3v) is 4.56. The number of Topliss-reactive ketones (excluding diaryl/α,β-unsaturated/α-hetero) is 1. The van der Waals surface area contributed by atoms with Crippen LogP contribution in [0.2, 0.25) is 0 Å². The Morgan fingerprint density at radius 1 is 1.25 bits per heavy atom. The molecule has 0 bridgehead atoms. The summed E-state index contributed by atoms with van der Waals surface area (Å²) in [6.07, 6.45) is 1.25. The van der Waals surface area contributed by atoms with Crippen molar-refractivity contribution in [3.05, 3.63) is 35.9 Å². The maximum absolute atomic E-state index is 12.3. The van der Waals surface area contributed by atoms with E-state index in [4.69, 9.17) is 4.74 Å². The van der Waals surface area contributed by atoms with Crippen molar-refractivity contribution in [2.75, 3.05) is 6.54 Å². The summed E-state index contributed by atoms with van der Waals surface area (Å²) in [6, 6.07) is 7.98. The van der Waals surface area contributed by atoms with Crippen LogP contribution in [0.15, 0.2) is 30.3 Å². The first-order chi connectivity index (χ1) is 11.5. The molecule has 0 amide bonds. The van der Waals surface area contributed by atoms with Crippen LogP contribution in [0.5, 0.6) is 0 Å². The van der Waals surface area contributed by atoms with Gasteiger partial charge in [0.1, 0.15) is 11.3 Å². The number of rotatable bonds is 6. The maximum Gasteiger partial charge on any atom is 0.330 e. The van der Waals surface area contributed by atoms with Gasteiger partial charge in [0.05, 0.1) is 0 Å². The monoisotopic (exact) mass is 349 g/mol. The second-order valence-electron chi connectivity index (χ2n) is 5.48. The molecule has 1 fully saturated rings. The Balaban J connectivity index is 2.01. The molecule has 1 aromatic rings. The van der Waals surface area contributed by atoms with Gasteiger partial charge in [0, 0.05) is 18.9 Å². The van der Waals surface area contributed by atoms with Crippen LogP contribution in [-0.2, 0) is 19.1 Å². The van der Waals surface area contributed by atoms with Gasteiger partial charge in [-0.15, -0.1) is 0 Å². The zero-order valence-corrected chi connectivity index (χ0v) is 14.1. The summed E-state index contributed by atoms with van der Waals surface area (Å²) in [6.45, 7) is 2.00. The van der Waals surface area contributed by atoms with Crippen molar-refractivity contribution in [2.45, 2.75) is 37.5 Å². The summed E-state index contributed by atoms with van der Waals surface area (Å²) in [5, 5.41) is 1.60. The highest BCUT2D eigenvalue weighted by molar-refractivity contribution is 8.14. The van der Waals surface area contributed by atoms with E-state index in [-0.39, 0.29) is 17.3 Å². The van der Waals surface area contributed by atoms with E-state index in [0.717, 1.165) is 6.42 Å². The molecule has 1 aromatic carbocycles. The summed E-state index contributed by atoms with van der Waals surface area (Å²) >= 11 is 0.708. The molecule has 0 spiro atoms. The fourth-order valence-corrected chi connectivity index (χ4v) is 3.19. The zero-order valence-electron chi connectivity index (χ0n) is 13.3. The highest BCUT2D eigenvalue weighted by Crippen LogP contribution is 2.20. The quantitative estimate of drug-likeness (QED) is 0.475. The molecule has 0 aromatic heterocycles. The first-order valence-electron chi connectivity index (χ1n) is 7.71. The van der Waals surface area contributed by atoms with Gasteiger partial charge in [-0.05, 0) is 19.4 Å². The summed E-state index contributed by atoms with van der Waals surface area (Å²) in [4.78, 5) is 47.8. The molecule has 1 unspecified atom stereocenters. The predicted molar refractivity (Wildman–Crippen MR) is 89.6 cm³/mol. The summed E-state index contributed by atoms with van der Waals surface area (Å²) in [5.41, 5.74) is 0.447. The molecular weight excluding hydrogens is 330 g/mol. The first-order valence-corrected chi connectivity index (χ1v) is 8.59. The number of hydrogen-bond donors (Lipinski definition) is 1. The maximum atomic E-state index is 12.3. The molecule has 1 aliphatic heterocycles. The molecule has 0 saturated carbocycles. The molecule has 1 heterocycles. The van der Waals surface area contributed by atoms with Crippen LogP contribution in [0, 0.1) is 0 Å². The lowest BCUT2D eigenvalue weighted by atomic mass is 10.1. The Morgan fingerprint density at radius 2 is 1.96 bits per heavy atom. The van der Waals surface area contributed by atoms with Crippen molar-refractivity contribution in [2.24, 2.45) is 0 Å². The van der Waals surface area contributed by atoms with Gasteiger partial charge in [-0.25, -0.2) is 4.79 Å². The van der Waals surface area contributed by atoms with E-state index in [1.807, 2.05) is 0 Å². The number of benzene rings is 1. The van der Waals surface area contributed by atoms with Crippen LogP contribution in [0.4, 0.5) is 0 Å². The number of carbonyl (C=O) groups excluding carboxylic acids is 4. The second kappa shape index (κ2) is 8.75. The smallest absolute Gasteiger partial charge is 0.330 e. The van der Waals surface area contributed by atoms with Crippen molar-refractivity contribution in [3.8, 4) is 0 Å². The Kier molecular flexibility index (Phi) is 6.69. The molecule has 7 heteroatoms. The molecule has 2 atom stereocenters. The topological polar surface area (TPSA) is 89.5 Å². The third kappa shape index (κ3) is 5.28. The molecule has 2 rings (SSSR count). The number of ether oxygens (including phenoxy) is 1. The minimum Gasteiger partial charge on any atom is -0.391 e. The minimum absolute atomic E-state index is 0.196. The number of nitrogens with one attached hydrogen (secondary N) is 1. The van der Waals surface area contributed by atoms with Crippen molar-refractivity contribution in [3.63, 3.8) is 0 Å². The number of thioether (sulfide) groups is 1. The summed E-state index contributed by atoms with van der Waals surface area (Å²) in [5.74, 6) is -1.78. The van der Waals surface area contributed by atoms with Gasteiger partial charge in [-0.2, -0.15) is 0 Å². The summed E-state index contributed by atoms with van der Waals surface area (Å²) in [7, 11) is 0. The zero-order chi connectivity index (χ0) is 17.5. The number of carbonyl (C=O) groups is 4. The van der Waals surface area contributed by atoms with E-state index in [2.05, 4.69) is 5.32 Å². The van der Waals surface area contributed by atoms with Crippen molar-refractivity contribution >= 4 is 34.6 Å². The second-order valence-corrected chi connectivity index (χ2v) is 6.86. The average Bonchev–Trinajstić information content (AvgIpc) is 3.09. The molecule has 24 heavy (non-hydrogen) atoms. The standard InChI is InChI=1S/C17H19NO5S/c1-11(19)24-15(10-14(20)12-6-3-2-4-7-12)17(22)23-16(21)13-8-5-9-18-13/h2-4,6-7,13,15,18H,5,8-10H2,1H3/t13-,15?/m0/s1. The largest absolute Gasteiger partial charge is 0.391 e. The highest BCUT2D eigenvalue weighted by atomic mass is 32.2. The molecule has 1 saturated heterocycles. The lowest BCUT2D eigenvalue weighted by Crippen LogP contribution is -2.36. The van der Waals surface area contributed by atoms with E-state index in [0.29, 0.717) is 30.3 Å².